The lowest BCUT2D eigenvalue weighted by atomic mass is 9.95. The Labute approximate surface area is 107 Å². The first kappa shape index (κ1) is 12.6. The zero-order valence-corrected chi connectivity index (χ0v) is 11.0. The molecule has 0 aliphatic rings. The number of hydrogen-bond donors (Lipinski definition) is 1. The van der Waals surface area contributed by atoms with E-state index in [4.69, 9.17) is 0 Å². The van der Waals surface area contributed by atoms with E-state index < -0.39 is 0 Å². The molecule has 0 aliphatic carbocycles. The van der Waals surface area contributed by atoms with E-state index in [9.17, 15) is 4.79 Å². The molecule has 0 radical (unpaired) electrons. The van der Waals surface area contributed by atoms with Crippen LogP contribution in [-0.4, -0.2) is 4.98 Å². The molecule has 0 amide bonds. The number of benzene rings is 1. The monoisotopic (exact) mass is 241 g/mol. The van der Waals surface area contributed by atoms with Crippen LogP contribution in [0.2, 0.25) is 0 Å². The second-order valence-electron chi connectivity index (χ2n) is 4.57. The molecule has 0 saturated heterocycles. The SMILES string of the molecule is C=CC(CC)c1ccc2[nH]c(=O)c(CC)cc2c1. The van der Waals surface area contributed by atoms with Gasteiger partial charge in [0.25, 0.3) is 5.56 Å². The molecule has 1 N–H and O–H groups in total. The van der Waals surface area contributed by atoms with Gasteiger partial charge in [-0.25, -0.2) is 0 Å². The fraction of sp³-hybridized carbons (Fsp3) is 0.312. The van der Waals surface area contributed by atoms with Gasteiger partial charge in [-0.2, -0.15) is 0 Å². The Morgan fingerprint density at radius 1 is 1.33 bits per heavy atom. The number of hydrogen-bond acceptors (Lipinski definition) is 1. The second kappa shape index (κ2) is 5.21. The van der Waals surface area contributed by atoms with Gasteiger partial charge in [0, 0.05) is 17.0 Å². The Morgan fingerprint density at radius 2 is 2.11 bits per heavy atom. The molecular formula is C16H19NO. The van der Waals surface area contributed by atoms with Gasteiger partial charge in [0.05, 0.1) is 0 Å². The molecule has 2 aromatic rings. The summed E-state index contributed by atoms with van der Waals surface area (Å²) in [5.41, 5.74) is 3.02. The standard InChI is InChI=1S/C16H19NO/c1-4-11(5-2)13-7-8-15-14(10-13)9-12(6-3)16(18)17-15/h4,7-11H,1,5-6H2,2-3H3,(H,17,18). The molecule has 2 heteroatoms. The summed E-state index contributed by atoms with van der Waals surface area (Å²) in [6.07, 6.45) is 3.78. The molecule has 2 rings (SSSR count). The van der Waals surface area contributed by atoms with E-state index in [2.05, 4.69) is 30.6 Å². The molecule has 1 heterocycles. The van der Waals surface area contributed by atoms with Crippen molar-refractivity contribution in [1.82, 2.24) is 4.98 Å². The summed E-state index contributed by atoms with van der Waals surface area (Å²) in [5.74, 6) is 0.381. The largest absolute Gasteiger partial charge is 0.322 e. The lowest BCUT2D eigenvalue weighted by molar-refractivity contribution is 0.808. The Hall–Kier alpha value is -1.83. The highest BCUT2D eigenvalue weighted by molar-refractivity contribution is 5.80. The van der Waals surface area contributed by atoms with E-state index in [1.54, 1.807) is 0 Å². The van der Waals surface area contributed by atoms with E-state index in [0.29, 0.717) is 5.92 Å². The first-order valence-electron chi connectivity index (χ1n) is 6.48. The van der Waals surface area contributed by atoms with Crippen molar-refractivity contribution in [3.05, 3.63) is 58.4 Å². The van der Waals surface area contributed by atoms with E-state index in [1.807, 2.05) is 25.1 Å². The van der Waals surface area contributed by atoms with Crippen molar-refractivity contribution in [2.24, 2.45) is 0 Å². The van der Waals surface area contributed by atoms with Crippen LogP contribution in [0.5, 0.6) is 0 Å². The minimum Gasteiger partial charge on any atom is -0.322 e. The Bertz CT molecular complexity index is 625. The summed E-state index contributed by atoms with van der Waals surface area (Å²) in [4.78, 5) is 14.7. The zero-order chi connectivity index (χ0) is 13.1. The minimum atomic E-state index is 0.0218. The summed E-state index contributed by atoms with van der Waals surface area (Å²) in [7, 11) is 0. The molecule has 0 fully saturated rings. The lowest BCUT2D eigenvalue weighted by Crippen LogP contribution is -2.11. The minimum absolute atomic E-state index is 0.0218. The van der Waals surface area contributed by atoms with Gasteiger partial charge in [-0.15, -0.1) is 6.58 Å². The summed E-state index contributed by atoms with van der Waals surface area (Å²) in [6.45, 7) is 8.03. The van der Waals surface area contributed by atoms with Crippen LogP contribution in [0.1, 0.15) is 37.3 Å². The van der Waals surface area contributed by atoms with Crippen molar-refractivity contribution in [2.75, 3.05) is 0 Å². The molecular weight excluding hydrogens is 222 g/mol. The van der Waals surface area contributed by atoms with E-state index in [1.165, 1.54) is 5.56 Å². The van der Waals surface area contributed by atoms with Gasteiger partial charge in [-0.3, -0.25) is 4.79 Å². The topological polar surface area (TPSA) is 32.9 Å². The van der Waals surface area contributed by atoms with Crippen molar-refractivity contribution in [3.63, 3.8) is 0 Å². The van der Waals surface area contributed by atoms with Crippen LogP contribution in [0, 0.1) is 0 Å². The number of nitrogens with one attached hydrogen (secondary N) is 1. The molecule has 0 bridgehead atoms. The summed E-state index contributed by atoms with van der Waals surface area (Å²) < 4.78 is 0. The second-order valence-corrected chi connectivity index (χ2v) is 4.57. The number of pyridine rings is 1. The number of aromatic nitrogens is 1. The number of allylic oxidation sites excluding steroid dienone is 1. The quantitative estimate of drug-likeness (QED) is 0.812. The average molecular weight is 241 g/mol. The number of aromatic amines is 1. The fourth-order valence-electron chi connectivity index (χ4n) is 2.30. The third-order valence-corrected chi connectivity index (χ3v) is 3.48. The summed E-state index contributed by atoms with van der Waals surface area (Å²) in [6, 6.07) is 8.20. The van der Waals surface area contributed by atoms with E-state index in [-0.39, 0.29) is 5.56 Å². The Kier molecular flexibility index (Phi) is 3.66. The molecule has 2 nitrogen and oxygen atoms in total. The van der Waals surface area contributed by atoms with Gasteiger partial charge >= 0.3 is 0 Å². The Morgan fingerprint density at radius 3 is 2.72 bits per heavy atom. The highest BCUT2D eigenvalue weighted by Crippen LogP contribution is 2.24. The van der Waals surface area contributed by atoms with Crippen LogP contribution < -0.4 is 5.56 Å². The van der Waals surface area contributed by atoms with Crippen LogP contribution in [0.25, 0.3) is 10.9 Å². The van der Waals surface area contributed by atoms with E-state index in [0.717, 1.165) is 29.3 Å². The van der Waals surface area contributed by atoms with Gasteiger partial charge in [-0.05, 0) is 42.0 Å². The van der Waals surface area contributed by atoms with Crippen molar-refractivity contribution in [3.8, 4) is 0 Å². The molecule has 1 aromatic heterocycles. The van der Waals surface area contributed by atoms with Crippen LogP contribution in [0.3, 0.4) is 0 Å². The maximum atomic E-state index is 11.7. The van der Waals surface area contributed by atoms with Crippen LogP contribution in [0.15, 0.2) is 41.7 Å². The highest BCUT2D eigenvalue weighted by Gasteiger charge is 2.07. The first-order chi connectivity index (χ1) is 8.69. The molecule has 1 unspecified atom stereocenters. The van der Waals surface area contributed by atoms with Crippen LogP contribution in [-0.2, 0) is 6.42 Å². The molecule has 0 saturated carbocycles. The Balaban J connectivity index is 2.60. The fourth-order valence-corrected chi connectivity index (χ4v) is 2.30. The van der Waals surface area contributed by atoms with Crippen LogP contribution >= 0.6 is 0 Å². The number of fused-ring (bicyclic) bond motifs is 1. The number of rotatable bonds is 4. The summed E-state index contributed by atoms with van der Waals surface area (Å²) in [5, 5.41) is 1.10. The van der Waals surface area contributed by atoms with Gasteiger partial charge < -0.3 is 4.98 Å². The first-order valence-corrected chi connectivity index (χ1v) is 6.48. The lowest BCUT2D eigenvalue weighted by Gasteiger charge is -2.11. The van der Waals surface area contributed by atoms with Gasteiger partial charge in [0.15, 0.2) is 0 Å². The summed E-state index contributed by atoms with van der Waals surface area (Å²) >= 11 is 0. The highest BCUT2D eigenvalue weighted by atomic mass is 16.1. The van der Waals surface area contributed by atoms with Gasteiger partial charge in [0.2, 0.25) is 0 Å². The maximum absolute atomic E-state index is 11.7. The molecule has 1 aromatic carbocycles. The van der Waals surface area contributed by atoms with E-state index >= 15 is 0 Å². The maximum Gasteiger partial charge on any atom is 0.251 e. The average Bonchev–Trinajstić information content (AvgIpc) is 2.39. The predicted octanol–water partition coefficient (Wildman–Crippen LogP) is 3.77. The smallest absolute Gasteiger partial charge is 0.251 e. The van der Waals surface area contributed by atoms with Gasteiger partial charge in [0.1, 0.15) is 0 Å². The van der Waals surface area contributed by atoms with Crippen molar-refractivity contribution in [1.29, 1.82) is 0 Å². The van der Waals surface area contributed by atoms with Crippen molar-refractivity contribution < 1.29 is 0 Å². The van der Waals surface area contributed by atoms with Crippen molar-refractivity contribution in [2.45, 2.75) is 32.6 Å². The zero-order valence-electron chi connectivity index (χ0n) is 11.0. The molecule has 0 aliphatic heterocycles. The molecule has 0 spiro atoms. The van der Waals surface area contributed by atoms with Crippen molar-refractivity contribution >= 4 is 10.9 Å². The third kappa shape index (κ3) is 2.23. The normalized spacial score (nSPS) is 12.6. The molecule has 94 valence electrons. The predicted molar refractivity (Wildman–Crippen MR) is 77.2 cm³/mol. The van der Waals surface area contributed by atoms with Gasteiger partial charge in [-0.1, -0.05) is 26.0 Å². The third-order valence-electron chi connectivity index (χ3n) is 3.48. The molecule has 1 atom stereocenters. The molecule has 18 heavy (non-hydrogen) atoms. The number of H-pyrrole nitrogens is 1. The number of aryl methyl sites for hydroxylation is 1. The van der Waals surface area contributed by atoms with Crippen LogP contribution in [0.4, 0.5) is 0 Å².